The molecule has 0 bridgehead atoms. The van der Waals surface area contributed by atoms with Crippen LogP contribution < -0.4 is 0 Å². The smallest absolute Gasteiger partial charge is 0.131 e. The predicted molar refractivity (Wildman–Crippen MR) is 39.1 cm³/mol. The molecule has 0 aliphatic heterocycles. The summed E-state index contributed by atoms with van der Waals surface area (Å²) in [6.45, 7) is 3.05. The van der Waals surface area contributed by atoms with Crippen LogP contribution in [0.3, 0.4) is 0 Å². The highest BCUT2D eigenvalue weighted by atomic mass is 19.1. The molecule has 1 aromatic rings. The minimum absolute atomic E-state index is 0.464. The van der Waals surface area contributed by atoms with E-state index in [9.17, 15) is 4.39 Å². The highest BCUT2D eigenvalue weighted by Gasteiger charge is 1.90. The lowest BCUT2D eigenvalue weighted by Gasteiger charge is -1.92. The van der Waals surface area contributed by atoms with Gasteiger partial charge >= 0.3 is 0 Å². The first-order chi connectivity index (χ1) is 4.86. The average molecular weight is 137 g/mol. The third-order valence-electron chi connectivity index (χ3n) is 1.22. The van der Waals surface area contributed by atoms with Crippen molar-refractivity contribution < 1.29 is 4.39 Å². The Labute approximate surface area is 59.2 Å². The van der Waals surface area contributed by atoms with Gasteiger partial charge in [-0.05, 0) is 11.6 Å². The molecule has 0 saturated heterocycles. The fourth-order valence-electron chi connectivity index (χ4n) is 0.636. The number of hydrogen-bond donors (Lipinski definition) is 0. The summed E-state index contributed by atoms with van der Waals surface area (Å²) < 4.78 is 11.9. The summed E-state index contributed by atoms with van der Waals surface area (Å²) in [4.78, 5) is 3.82. The largest absolute Gasteiger partial charge is 0.258 e. The van der Waals surface area contributed by atoms with E-state index < -0.39 is 6.67 Å². The van der Waals surface area contributed by atoms with Gasteiger partial charge in [-0.2, -0.15) is 0 Å². The highest BCUT2D eigenvalue weighted by Crippen LogP contribution is 2.01. The molecular weight excluding hydrogens is 129 g/mol. The molecule has 0 spiro atoms. The van der Waals surface area contributed by atoms with Crippen LogP contribution in [0.5, 0.6) is 0 Å². The summed E-state index contributed by atoms with van der Waals surface area (Å²) in [5.74, 6) is 0. The van der Waals surface area contributed by atoms with Crippen molar-refractivity contribution in [2.75, 3.05) is 0 Å². The van der Waals surface area contributed by atoms with Crippen molar-refractivity contribution in [1.82, 2.24) is 4.98 Å². The number of hydrogen-bond acceptors (Lipinski definition) is 1. The van der Waals surface area contributed by atoms with E-state index in [1.165, 1.54) is 0 Å². The summed E-state index contributed by atoms with van der Waals surface area (Å²) in [7, 11) is 0. The fourth-order valence-corrected chi connectivity index (χ4v) is 0.636. The molecule has 0 fully saturated rings. The van der Waals surface area contributed by atoms with Crippen molar-refractivity contribution in [2.24, 2.45) is 0 Å². The van der Waals surface area contributed by atoms with Crippen LogP contribution in [0.4, 0.5) is 4.39 Å². The van der Waals surface area contributed by atoms with Gasteiger partial charge in [-0.3, -0.25) is 4.98 Å². The van der Waals surface area contributed by atoms with Gasteiger partial charge < -0.3 is 0 Å². The van der Waals surface area contributed by atoms with Gasteiger partial charge in [0.2, 0.25) is 0 Å². The third kappa shape index (κ3) is 1.41. The summed E-state index contributed by atoms with van der Waals surface area (Å²) >= 11 is 0. The van der Waals surface area contributed by atoms with E-state index in [-0.39, 0.29) is 0 Å². The van der Waals surface area contributed by atoms with Crippen LogP contribution in [0.25, 0.3) is 6.08 Å². The number of halogens is 1. The quantitative estimate of drug-likeness (QED) is 0.608. The standard InChI is InChI=1S/C8H8FN/c1-2-7-3-4-8(5-9)10-6-7/h2-4,6H,1,5H2. The molecule has 0 atom stereocenters. The van der Waals surface area contributed by atoms with Gasteiger partial charge in [0.1, 0.15) is 6.67 Å². The van der Waals surface area contributed by atoms with Crippen LogP contribution in [-0.4, -0.2) is 4.98 Å². The molecular formula is C8H8FN. The molecule has 52 valence electrons. The fraction of sp³-hybridized carbons (Fsp3) is 0.125. The monoisotopic (exact) mass is 137 g/mol. The van der Waals surface area contributed by atoms with E-state index in [0.717, 1.165) is 5.56 Å². The first-order valence-corrected chi connectivity index (χ1v) is 3.00. The molecule has 2 heteroatoms. The molecule has 0 unspecified atom stereocenters. The Hall–Kier alpha value is -1.18. The van der Waals surface area contributed by atoms with Crippen LogP contribution in [0.1, 0.15) is 11.3 Å². The molecule has 10 heavy (non-hydrogen) atoms. The van der Waals surface area contributed by atoms with Gasteiger partial charge in [-0.15, -0.1) is 0 Å². The molecule has 0 amide bonds. The Morgan fingerprint density at radius 1 is 1.60 bits per heavy atom. The summed E-state index contributed by atoms with van der Waals surface area (Å²) in [5, 5.41) is 0. The van der Waals surface area contributed by atoms with Gasteiger partial charge in [0.15, 0.2) is 0 Å². The average Bonchev–Trinajstić information content (AvgIpc) is 2.05. The van der Waals surface area contributed by atoms with Crippen molar-refractivity contribution in [3.8, 4) is 0 Å². The first kappa shape index (κ1) is 6.93. The van der Waals surface area contributed by atoms with Gasteiger partial charge in [-0.1, -0.05) is 18.7 Å². The van der Waals surface area contributed by atoms with Crippen molar-refractivity contribution in [3.05, 3.63) is 36.2 Å². The Kier molecular flexibility index (Phi) is 2.15. The molecule has 1 nitrogen and oxygen atoms in total. The molecule has 0 saturated carbocycles. The first-order valence-electron chi connectivity index (χ1n) is 3.00. The molecule has 0 aliphatic carbocycles. The van der Waals surface area contributed by atoms with E-state index in [0.29, 0.717) is 5.69 Å². The van der Waals surface area contributed by atoms with Crippen LogP contribution in [0, 0.1) is 0 Å². The molecule has 1 rings (SSSR count). The van der Waals surface area contributed by atoms with Crippen molar-refractivity contribution in [1.29, 1.82) is 0 Å². The second-order valence-electron chi connectivity index (χ2n) is 1.92. The normalized spacial score (nSPS) is 9.30. The lowest BCUT2D eigenvalue weighted by atomic mass is 10.2. The zero-order valence-electron chi connectivity index (χ0n) is 5.55. The van der Waals surface area contributed by atoms with Gasteiger partial charge in [0.05, 0.1) is 5.69 Å². The van der Waals surface area contributed by atoms with Gasteiger partial charge in [0, 0.05) is 6.20 Å². The predicted octanol–water partition coefficient (Wildman–Crippen LogP) is 2.19. The maximum atomic E-state index is 11.9. The second-order valence-corrected chi connectivity index (χ2v) is 1.92. The van der Waals surface area contributed by atoms with E-state index in [1.807, 2.05) is 0 Å². The summed E-state index contributed by atoms with van der Waals surface area (Å²) in [6.07, 6.45) is 3.27. The molecule has 1 aromatic heterocycles. The van der Waals surface area contributed by atoms with Crippen molar-refractivity contribution >= 4 is 6.08 Å². The molecule has 0 aliphatic rings. The van der Waals surface area contributed by atoms with Crippen molar-refractivity contribution in [2.45, 2.75) is 6.67 Å². The molecule has 0 aromatic carbocycles. The zero-order chi connectivity index (χ0) is 7.40. The van der Waals surface area contributed by atoms with E-state index in [1.54, 1.807) is 24.4 Å². The highest BCUT2D eigenvalue weighted by molar-refractivity contribution is 5.44. The van der Waals surface area contributed by atoms with E-state index >= 15 is 0 Å². The number of rotatable bonds is 2. The van der Waals surface area contributed by atoms with Gasteiger partial charge in [-0.25, -0.2) is 4.39 Å². The van der Waals surface area contributed by atoms with Crippen LogP contribution in [0.15, 0.2) is 24.9 Å². The van der Waals surface area contributed by atoms with Crippen LogP contribution in [-0.2, 0) is 6.67 Å². The van der Waals surface area contributed by atoms with Crippen LogP contribution >= 0.6 is 0 Å². The summed E-state index contributed by atoms with van der Waals surface area (Å²) in [6, 6.07) is 3.44. The minimum atomic E-state index is -0.503. The maximum absolute atomic E-state index is 11.9. The lowest BCUT2D eigenvalue weighted by Crippen LogP contribution is -1.84. The van der Waals surface area contributed by atoms with E-state index in [4.69, 9.17) is 0 Å². The number of pyridine rings is 1. The number of nitrogens with zero attached hydrogens (tertiary/aromatic N) is 1. The molecule has 1 heterocycles. The second kappa shape index (κ2) is 3.11. The van der Waals surface area contributed by atoms with Crippen molar-refractivity contribution in [3.63, 3.8) is 0 Å². The maximum Gasteiger partial charge on any atom is 0.131 e. The SMILES string of the molecule is C=Cc1ccc(CF)nc1. The zero-order valence-corrected chi connectivity index (χ0v) is 5.55. The van der Waals surface area contributed by atoms with E-state index in [2.05, 4.69) is 11.6 Å². The van der Waals surface area contributed by atoms with Gasteiger partial charge in [0.25, 0.3) is 0 Å². The lowest BCUT2D eigenvalue weighted by molar-refractivity contribution is 0.476. The Bertz CT molecular complexity index is 215. The Balaban J connectivity index is 2.90. The molecule has 0 radical (unpaired) electrons. The number of alkyl halides is 1. The third-order valence-corrected chi connectivity index (χ3v) is 1.22. The van der Waals surface area contributed by atoms with Crippen LogP contribution in [0.2, 0.25) is 0 Å². The Morgan fingerprint density at radius 2 is 2.40 bits per heavy atom. The molecule has 0 N–H and O–H groups in total. The topological polar surface area (TPSA) is 12.9 Å². The number of aromatic nitrogens is 1. The summed E-state index contributed by atoms with van der Waals surface area (Å²) in [5.41, 5.74) is 1.38. The Morgan fingerprint density at radius 3 is 2.80 bits per heavy atom. The minimum Gasteiger partial charge on any atom is -0.258 e.